The van der Waals surface area contributed by atoms with Crippen molar-refractivity contribution in [3.05, 3.63) is 42.1 Å². The van der Waals surface area contributed by atoms with Crippen molar-refractivity contribution < 1.29 is 4.79 Å². The molecule has 88 valence electrons. The minimum absolute atomic E-state index is 0.00810. The van der Waals surface area contributed by atoms with Gasteiger partial charge in [-0.25, -0.2) is 0 Å². The van der Waals surface area contributed by atoms with Gasteiger partial charge in [-0.3, -0.25) is 9.78 Å². The van der Waals surface area contributed by atoms with E-state index in [0.717, 1.165) is 16.2 Å². The minimum Gasteiger partial charge on any atom is -0.341 e. The summed E-state index contributed by atoms with van der Waals surface area (Å²) in [6.07, 6.45) is 1.71. The fourth-order valence-corrected chi connectivity index (χ4v) is 2.24. The van der Waals surface area contributed by atoms with Crippen LogP contribution < -0.4 is 0 Å². The molecular weight excluding hydrogens is 280 g/mol. The summed E-state index contributed by atoms with van der Waals surface area (Å²) in [6.45, 7) is 0.683. The monoisotopic (exact) mass is 292 g/mol. The van der Waals surface area contributed by atoms with Gasteiger partial charge >= 0.3 is 0 Å². The molecule has 1 amide bonds. The lowest BCUT2D eigenvalue weighted by molar-refractivity contribution is 0.0806. The summed E-state index contributed by atoms with van der Waals surface area (Å²) >= 11 is 3.33. The number of benzene rings is 1. The van der Waals surface area contributed by atoms with Crippen LogP contribution in [0.4, 0.5) is 0 Å². The second-order valence-corrected chi connectivity index (χ2v) is 4.59. The predicted octanol–water partition coefficient (Wildman–Crippen LogP) is 2.70. The molecule has 0 aliphatic heterocycles. The lowest BCUT2D eigenvalue weighted by Crippen LogP contribution is -2.28. The molecule has 1 aromatic heterocycles. The van der Waals surface area contributed by atoms with E-state index >= 15 is 0 Å². The van der Waals surface area contributed by atoms with Gasteiger partial charge in [0.2, 0.25) is 0 Å². The number of hydrogen-bond acceptors (Lipinski definition) is 2. The van der Waals surface area contributed by atoms with E-state index in [9.17, 15) is 4.79 Å². The van der Waals surface area contributed by atoms with Crippen molar-refractivity contribution in [2.75, 3.05) is 18.9 Å². The van der Waals surface area contributed by atoms with Crippen molar-refractivity contribution in [2.24, 2.45) is 0 Å². The molecular formula is C13H13BrN2O. The van der Waals surface area contributed by atoms with Gasteiger partial charge in [0.25, 0.3) is 5.91 Å². The molecule has 0 atom stereocenters. The Labute approximate surface area is 109 Å². The molecule has 0 unspecified atom stereocenters. The van der Waals surface area contributed by atoms with Gasteiger partial charge in [0.05, 0.1) is 11.1 Å². The third-order valence-corrected chi connectivity index (χ3v) is 2.98. The number of pyridine rings is 1. The van der Waals surface area contributed by atoms with Gasteiger partial charge in [-0.15, -0.1) is 0 Å². The highest BCUT2D eigenvalue weighted by molar-refractivity contribution is 9.09. The molecule has 1 heterocycles. The van der Waals surface area contributed by atoms with Gasteiger partial charge in [-0.2, -0.15) is 0 Å². The summed E-state index contributed by atoms with van der Waals surface area (Å²) in [5.41, 5.74) is 1.42. The van der Waals surface area contributed by atoms with Crippen molar-refractivity contribution in [1.82, 2.24) is 9.88 Å². The highest BCUT2D eigenvalue weighted by Crippen LogP contribution is 2.17. The van der Waals surface area contributed by atoms with Crippen LogP contribution in [-0.2, 0) is 0 Å². The Kier molecular flexibility index (Phi) is 3.74. The maximum absolute atomic E-state index is 12.2. The molecule has 0 aliphatic rings. The second-order valence-electron chi connectivity index (χ2n) is 3.80. The molecule has 0 N–H and O–H groups in total. The molecule has 0 radical (unpaired) electrons. The quantitative estimate of drug-likeness (QED) is 0.815. The molecule has 1 aromatic carbocycles. The predicted molar refractivity (Wildman–Crippen MR) is 72.5 cm³/mol. The van der Waals surface area contributed by atoms with Crippen LogP contribution in [0.3, 0.4) is 0 Å². The van der Waals surface area contributed by atoms with Gasteiger partial charge in [0.15, 0.2) is 0 Å². The number of nitrogens with zero attached hydrogens (tertiary/aromatic N) is 2. The van der Waals surface area contributed by atoms with Crippen molar-refractivity contribution >= 4 is 32.7 Å². The highest BCUT2D eigenvalue weighted by Gasteiger charge is 2.14. The van der Waals surface area contributed by atoms with Crippen LogP contribution in [0.15, 0.2) is 36.5 Å². The molecule has 0 fully saturated rings. The zero-order chi connectivity index (χ0) is 12.3. The highest BCUT2D eigenvalue weighted by atomic mass is 79.9. The molecule has 0 saturated heterocycles. The number of aromatic nitrogens is 1. The number of halogens is 1. The van der Waals surface area contributed by atoms with E-state index in [1.807, 2.05) is 30.3 Å². The topological polar surface area (TPSA) is 33.2 Å². The van der Waals surface area contributed by atoms with Crippen LogP contribution in [0.25, 0.3) is 10.9 Å². The Balaban J connectivity index is 2.45. The van der Waals surface area contributed by atoms with E-state index in [1.54, 1.807) is 18.1 Å². The number of amides is 1. The summed E-state index contributed by atoms with van der Waals surface area (Å²) in [5, 5.41) is 1.76. The third-order valence-electron chi connectivity index (χ3n) is 2.63. The summed E-state index contributed by atoms with van der Waals surface area (Å²) in [5.74, 6) is 0.00810. The first-order valence-corrected chi connectivity index (χ1v) is 6.51. The van der Waals surface area contributed by atoms with Crippen molar-refractivity contribution in [1.29, 1.82) is 0 Å². The van der Waals surface area contributed by atoms with Crippen molar-refractivity contribution in [3.63, 3.8) is 0 Å². The average Bonchev–Trinajstić information content (AvgIpc) is 2.37. The smallest absolute Gasteiger partial charge is 0.255 e. The molecule has 0 spiro atoms. The number of para-hydroxylation sites is 1. The number of carbonyl (C=O) groups is 1. The number of carbonyl (C=O) groups excluding carboxylic acids is 1. The zero-order valence-corrected chi connectivity index (χ0v) is 11.1. The Hall–Kier alpha value is -1.42. The molecule has 0 bridgehead atoms. The fourth-order valence-electron chi connectivity index (χ4n) is 1.71. The zero-order valence-electron chi connectivity index (χ0n) is 9.56. The van der Waals surface area contributed by atoms with Crippen molar-refractivity contribution in [2.45, 2.75) is 0 Å². The molecule has 17 heavy (non-hydrogen) atoms. The SMILES string of the molecule is CN(CCBr)C(=O)c1cccc2cccnc12. The Morgan fingerprint density at radius 2 is 2.12 bits per heavy atom. The lowest BCUT2D eigenvalue weighted by Gasteiger charge is -2.16. The first kappa shape index (κ1) is 12.0. The standard InChI is InChI=1S/C13H13BrN2O/c1-16(9-7-14)13(17)11-6-2-4-10-5-3-8-15-12(10)11/h2-6,8H,7,9H2,1H3. The van der Waals surface area contributed by atoms with E-state index in [1.165, 1.54) is 0 Å². The second kappa shape index (κ2) is 5.27. The molecule has 3 nitrogen and oxygen atoms in total. The molecule has 4 heteroatoms. The van der Waals surface area contributed by atoms with Gasteiger partial charge in [-0.05, 0) is 12.1 Å². The van der Waals surface area contributed by atoms with E-state index in [4.69, 9.17) is 0 Å². The summed E-state index contributed by atoms with van der Waals surface area (Å²) in [4.78, 5) is 18.2. The first-order valence-electron chi connectivity index (χ1n) is 5.39. The number of hydrogen-bond donors (Lipinski definition) is 0. The number of alkyl halides is 1. The van der Waals surface area contributed by atoms with Crippen LogP contribution in [-0.4, -0.2) is 34.7 Å². The number of rotatable bonds is 3. The van der Waals surface area contributed by atoms with E-state index in [2.05, 4.69) is 20.9 Å². The van der Waals surface area contributed by atoms with Gasteiger partial charge in [-0.1, -0.05) is 34.1 Å². The molecule has 0 saturated carbocycles. The van der Waals surface area contributed by atoms with Gasteiger partial charge in [0.1, 0.15) is 0 Å². The molecule has 2 aromatic rings. The van der Waals surface area contributed by atoms with Crippen LogP contribution in [0, 0.1) is 0 Å². The molecule has 0 aliphatic carbocycles. The van der Waals surface area contributed by atoms with Gasteiger partial charge < -0.3 is 4.90 Å². The number of fused-ring (bicyclic) bond motifs is 1. The first-order chi connectivity index (χ1) is 8.24. The van der Waals surface area contributed by atoms with Crippen LogP contribution >= 0.6 is 15.9 Å². The van der Waals surface area contributed by atoms with E-state index < -0.39 is 0 Å². The Bertz CT molecular complexity index is 536. The van der Waals surface area contributed by atoms with Crippen LogP contribution in [0.1, 0.15) is 10.4 Å². The van der Waals surface area contributed by atoms with Gasteiger partial charge in [0, 0.05) is 30.5 Å². The Morgan fingerprint density at radius 1 is 1.35 bits per heavy atom. The summed E-state index contributed by atoms with van der Waals surface area (Å²) in [6, 6.07) is 9.51. The normalized spacial score (nSPS) is 10.5. The van der Waals surface area contributed by atoms with E-state index in [-0.39, 0.29) is 5.91 Å². The lowest BCUT2D eigenvalue weighted by atomic mass is 10.1. The fraction of sp³-hybridized carbons (Fsp3) is 0.231. The average molecular weight is 293 g/mol. The maximum Gasteiger partial charge on any atom is 0.255 e. The molecule has 2 rings (SSSR count). The van der Waals surface area contributed by atoms with Crippen molar-refractivity contribution in [3.8, 4) is 0 Å². The minimum atomic E-state index is 0.00810. The summed E-state index contributed by atoms with van der Waals surface area (Å²) < 4.78 is 0. The largest absolute Gasteiger partial charge is 0.341 e. The van der Waals surface area contributed by atoms with E-state index in [0.29, 0.717) is 12.1 Å². The van der Waals surface area contributed by atoms with Crippen LogP contribution in [0.2, 0.25) is 0 Å². The van der Waals surface area contributed by atoms with Crippen LogP contribution in [0.5, 0.6) is 0 Å². The Morgan fingerprint density at radius 3 is 2.88 bits per heavy atom. The third kappa shape index (κ3) is 2.47. The summed E-state index contributed by atoms with van der Waals surface area (Å²) in [7, 11) is 1.80. The maximum atomic E-state index is 12.2.